The average Bonchev–Trinajstić information content (AvgIpc) is 2.30. The molecule has 80 valence electrons. The monoisotopic (exact) mass is 216 g/mol. The van der Waals surface area contributed by atoms with E-state index in [0.717, 1.165) is 0 Å². The van der Waals surface area contributed by atoms with E-state index in [2.05, 4.69) is 9.97 Å². The van der Waals surface area contributed by atoms with Crippen LogP contribution in [0.4, 0.5) is 4.39 Å². The molecule has 0 aliphatic carbocycles. The Labute approximate surface area is 92.0 Å². The Morgan fingerprint density at radius 3 is 2.50 bits per heavy atom. The van der Waals surface area contributed by atoms with Gasteiger partial charge in [0, 0.05) is 29.1 Å². The van der Waals surface area contributed by atoms with E-state index >= 15 is 0 Å². The molecule has 16 heavy (non-hydrogen) atoms. The number of hydrogen-bond acceptors (Lipinski definition) is 3. The fourth-order valence-electron chi connectivity index (χ4n) is 1.41. The zero-order valence-electron chi connectivity index (χ0n) is 8.64. The molecule has 0 N–H and O–H groups in total. The molecule has 0 unspecified atom stereocenters. The van der Waals surface area contributed by atoms with Gasteiger partial charge >= 0.3 is 0 Å². The third-order valence-corrected chi connectivity index (χ3v) is 2.25. The smallest absolute Gasteiger partial charge is 0.159 e. The number of carbonyl (C=O) groups excluding carboxylic acids is 1. The summed E-state index contributed by atoms with van der Waals surface area (Å²) in [6.07, 6.45) is 4.43. The number of rotatable bonds is 2. The summed E-state index contributed by atoms with van der Waals surface area (Å²) >= 11 is 0. The zero-order chi connectivity index (χ0) is 11.5. The molecule has 4 heteroatoms. The van der Waals surface area contributed by atoms with Crippen LogP contribution < -0.4 is 0 Å². The summed E-state index contributed by atoms with van der Waals surface area (Å²) in [6.45, 7) is 1.40. The van der Waals surface area contributed by atoms with Crippen LogP contribution in [0.1, 0.15) is 17.3 Å². The Balaban J connectivity index is 2.48. The first-order valence-electron chi connectivity index (χ1n) is 4.74. The highest BCUT2D eigenvalue weighted by molar-refractivity contribution is 5.94. The Kier molecular flexibility index (Phi) is 2.72. The second-order valence-electron chi connectivity index (χ2n) is 3.38. The molecule has 0 fully saturated rings. The summed E-state index contributed by atoms with van der Waals surface area (Å²) in [4.78, 5) is 18.7. The summed E-state index contributed by atoms with van der Waals surface area (Å²) < 4.78 is 13.7. The van der Waals surface area contributed by atoms with Gasteiger partial charge in [0.15, 0.2) is 5.78 Å². The van der Waals surface area contributed by atoms with Crippen molar-refractivity contribution in [1.29, 1.82) is 0 Å². The molecule has 2 aromatic rings. The number of Topliss-reactive ketones (excluding diaryl/α,β-unsaturated/α-hetero) is 1. The first kappa shape index (κ1) is 10.4. The third-order valence-electron chi connectivity index (χ3n) is 2.25. The number of ketones is 1. The van der Waals surface area contributed by atoms with E-state index in [1.807, 2.05) is 0 Å². The molecular formula is C12H9FN2O. The molecule has 0 spiro atoms. The predicted octanol–water partition coefficient (Wildman–Crippen LogP) is 2.49. The lowest BCUT2D eigenvalue weighted by Crippen LogP contribution is -1.94. The molecule has 1 aromatic carbocycles. The Hall–Kier alpha value is -2.10. The first-order chi connectivity index (χ1) is 7.68. The molecule has 0 radical (unpaired) electrons. The van der Waals surface area contributed by atoms with E-state index in [1.165, 1.54) is 31.7 Å². The number of nitrogens with zero attached hydrogens (tertiary/aromatic N) is 2. The SMILES string of the molecule is CC(=O)c1ccc(-c2cncnc2)c(F)c1. The van der Waals surface area contributed by atoms with Crippen molar-refractivity contribution in [2.75, 3.05) is 0 Å². The van der Waals surface area contributed by atoms with Crippen molar-refractivity contribution in [1.82, 2.24) is 9.97 Å². The van der Waals surface area contributed by atoms with Crippen LogP contribution in [0.5, 0.6) is 0 Å². The van der Waals surface area contributed by atoms with Crippen LogP contribution in [-0.4, -0.2) is 15.8 Å². The second kappa shape index (κ2) is 4.18. The molecule has 0 saturated carbocycles. The molecule has 2 rings (SSSR count). The van der Waals surface area contributed by atoms with Crippen molar-refractivity contribution in [3.05, 3.63) is 48.3 Å². The lowest BCUT2D eigenvalue weighted by molar-refractivity contribution is 0.101. The van der Waals surface area contributed by atoms with Crippen LogP contribution in [0.3, 0.4) is 0 Å². The van der Waals surface area contributed by atoms with E-state index in [4.69, 9.17) is 0 Å². The predicted molar refractivity (Wildman–Crippen MR) is 57.4 cm³/mol. The minimum absolute atomic E-state index is 0.158. The van der Waals surface area contributed by atoms with Crippen molar-refractivity contribution >= 4 is 5.78 Å². The van der Waals surface area contributed by atoms with Gasteiger partial charge in [0.1, 0.15) is 12.1 Å². The molecule has 0 saturated heterocycles. The third kappa shape index (κ3) is 1.95. The van der Waals surface area contributed by atoms with Crippen LogP contribution >= 0.6 is 0 Å². The molecule has 1 aromatic heterocycles. The summed E-state index contributed by atoms with van der Waals surface area (Å²) in [5.74, 6) is -0.600. The van der Waals surface area contributed by atoms with Crippen LogP contribution in [-0.2, 0) is 0 Å². The van der Waals surface area contributed by atoms with Gasteiger partial charge in [-0.25, -0.2) is 14.4 Å². The summed E-state index contributed by atoms with van der Waals surface area (Å²) in [7, 11) is 0. The van der Waals surface area contributed by atoms with Gasteiger partial charge in [-0.05, 0) is 13.0 Å². The average molecular weight is 216 g/mol. The maximum absolute atomic E-state index is 13.7. The second-order valence-corrected chi connectivity index (χ2v) is 3.38. The quantitative estimate of drug-likeness (QED) is 0.724. The topological polar surface area (TPSA) is 42.9 Å². The van der Waals surface area contributed by atoms with Crippen molar-refractivity contribution < 1.29 is 9.18 Å². The van der Waals surface area contributed by atoms with Crippen LogP contribution in [0.25, 0.3) is 11.1 Å². The summed E-state index contributed by atoms with van der Waals surface area (Å²) in [6, 6.07) is 4.38. The molecule has 1 heterocycles. The Morgan fingerprint density at radius 2 is 1.94 bits per heavy atom. The van der Waals surface area contributed by atoms with Crippen LogP contribution in [0, 0.1) is 5.82 Å². The number of halogens is 1. The van der Waals surface area contributed by atoms with Crippen molar-refractivity contribution in [3.63, 3.8) is 0 Å². The van der Waals surface area contributed by atoms with Gasteiger partial charge in [-0.2, -0.15) is 0 Å². The van der Waals surface area contributed by atoms with E-state index in [1.54, 1.807) is 12.1 Å². The van der Waals surface area contributed by atoms with Gasteiger partial charge in [-0.15, -0.1) is 0 Å². The Morgan fingerprint density at radius 1 is 1.25 bits per heavy atom. The van der Waals surface area contributed by atoms with Gasteiger partial charge in [0.2, 0.25) is 0 Å². The molecule has 0 aliphatic heterocycles. The standard InChI is InChI=1S/C12H9FN2O/c1-8(16)9-2-3-11(12(13)4-9)10-5-14-7-15-6-10/h2-7H,1H3. The molecule has 0 amide bonds. The lowest BCUT2D eigenvalue weighted by atomic mass is 10.0. The normalized spacial score (nSPS) is 10.1. The number of aromatic nitrogens is 2. The molecular weight excluding hydrogens is 207 g/mol. The van der Waals surface area contributed by atoms with Crippen molar-refractivity contribution in [3.8, 4) is 11.1 Å². The number of hydrogen-bond donors (Lipinski definition) is 0. The fourth-order valence-corrected chi connectivity index (χ4v) is 1.41. The number of benzene rings is 1. The van der Waals surface area contributed by atoms with Gasteiger partial charge in [-0.3, -0.25) is 4.79 Å². The van der Waals surface area contributed by atoms with Gasteiger partial charge in [0.25, 0.3) is 0 Å². The van der Waals surface area contributed by atoms with Crippen molar-refractivity contribution in [2.45, 2.75) is 6.92 Å². The van der Waals surface area contributed by atoms with Crippen LogP contribution in [0.2, 0.25) is 0 Å². The lowest BCUT2D eigenvalue weighted by Gasteiger charge is -2.03. The maximum atomic E-state index is 13.7. The van der Waals surface area contributed by atoms with E-state index in [-0.39, 0.29) is 5.78 Å². The van der Waals surface area contributed by atoms with Gasteiger partial charge < -0.3 is 0 Å². The van der Waals surface area contributed by atoms with E-state index in [0.29, 0.717) is 16.7 Å². The van der Waals surface area contributed by atoms with E-state index in [9.17, 15) is 9.18 Å². The summed E-state index contributed by atoms with van der Waals surface area (Å²) in [5.41, 5.74) is 1.35. The number of carbonyl (C=O) groups is 1. The van der Waals surface area contributed by atoms with Gasteiger partial charge in [-0.1, -0.05) is 12.1 Å². The highest BCUT2D eigenvalue weighted by atomic mass is 19.1. The largest absolute Gasteiger partial charge is 0.295 e. The van der Waals surface area contributed by atoms with E-state index < -0.39 is 5.82 Å². The minimum Gasteiger partial charge on any atom is -0.295 e. The molecule has 0 bridgehead atoms. The molecule has 3 nitrogen and oxygen atoms in total. The zero-order valence-corrected chi connectivity index (χ0v) is 8.64. The van der Waals surface area contributed by atoms with Crippen LogP contribution in [0.15, 0.2) is 36.9 Å². The minimum atomic E-state index is -0.442. The van der Waals surface area contributed by atoms with Gasteiger partial charge in [0.05, 0.1) is 0 Å². The first-order valence-corrected chi connectivity index (χ1v) is 4.74. The molecule has 0 atom stereocenters. The maximum Gasteiger partial charge on any atom is 0.159 e. The van der Waals surface area contributed by atoms with Crippen molar-refractivity contribution in [2.24, 2.45) is 0 Å². The highest BCUT2D eigenvalue weighted by Crippen LogP contribution is 2.22. The fraction of sp³-hybridized carbons (Fsp3) is 0.0833. The molecule has 0 aliphatic rings. The Bertz CT molecular complexity index is 526. The summed E-state index contributed by atoms with van der Waals surface area (Å²) in [5, 5.41) is 0. The highest BCUT2D eigenvalue weighted by Gasteiger charge is 2.08.